The number of carbonyl (C=O) groups is 3. The highest BCUT2D eigenvalue weighted by Gasteiger charge is 2.30. The number of nitrogens with one attached hydrogen (secondary N) is 3. The lowest BCUT2D eigenvalue weighted by atomic mass is 10.1. The minimum atomic E-state index is -4.52. The second-order valence-corrected chi connectivity index (χ2v) is 6.16. The van der Waals surface area contributed by atoms with Crippen LogP contribution in [0.2, 0.25) is 0 Å². The molecule has 3 N–H and O–H groups in total. The van der Waals surface area contributed by atoms with Crippen LogP contribution in [-0.2, 0) is 15.8 Å². The van der Waals surface area contributed by atoms with Gasteiger partial charge in [-0.3, -0.25) is 14.4 Å². The van der Waals surface area contributed by atoms with Crippen LogP contribution in [0.4, 0.5) is 24.5 Å². The zero-order valence-electron chi connectivity index (χ0n) is 14.8. The van der Waals surface area contributed by atoms with Crippen molar-refractivity contribution in [2.45, 2.75) is 19.0 Å². The Morgan fingerprint density at radius 3 is 2.24 bits per heavy atom. The average Bonchev–Trinajstić information content (AvgIpc) is 2.68. The number of nitrogens with zero attached hydrogens (tertiary/aromatic N) is 1. The maximum absolute atomic E-state index is 12.8. The molecule has 3 amide bonds. The lowest BCUT2D eigenvalue weighted by Crippen LogP contribution is -2.32. The SMILES string of the molecule is O=C1CCC(C(=O)Nc2cccc(C(=O)Nc3cccc(C(F)(F)F)c3)c2)=NN1. The standard InChI is InChI=1S/C19H15F3N4O3/c20-19(21,22)12-4-2-6-14(10-12)23-17(28)11-3-1-5-13(9-11)24-18(29)15-7-8-16(27)26-25-15/h1-6,9-10H,7-8H2,(H,23,28)(H,24,29)(H,26,27). The monoisotopic (exact) mass is 404 g/mol. The Morgan fingerprint density at radius 1 is 0.931 bits per heavy atom. The number of carbonyl (C=O) groups excluding carboxylic acids is 3. The first-order valence-electron chi connectivity index (χ1n) is 8.48. The van der Waals surface area contributed by atoms with Gasteiger partial charge in [-0.1, -0.05) is 12.1 Å². The number of benzene rings is 2. The van der Waals surface area contributed by atoms with Crippen LogP contribution in [0.1, 0.15) is 28.8 Å². The van der Waals surface area contributed by atoms with E-state index in [0.29, 0.717) is 5.69 Å². The topological polar surface area (TPSA) is 99.7 Å². The fourth-order valence-corrected chi connectivity index (χ4v) is 2.56. The van der Waals surface area contributed by atoms with Gasteiger partial charge < -0.3 is 10.6 Å². The molecule has 0 unspecified atom stereocenters. The van der Waals surface area contributed by atoms with Gasteiger partial charge in [0, 0.05) is 29.8 Å². The van der Waals surface area contributed by atoms with Crippen LogP contribution in [0.25, 0.3) is 0 Å². The Bertz CT molecular complexity index is 1000. The summed E-state index contributed by atoms with van der Waals surface area (Å²) in [6.07, 6.45) is -4.19. The number of rotatable bonds is 4. The molecule has 2 aromatic carbocycles. The van der Waals surface area contributed by atoms with Gasteiger partial charge in [0.1, 0.15) is 5.71 Å². The highest BCUT2D eigenvalue weighted by atomic mass is 19.4. The Hall–Kier alpha value is -3.69. The maximum Gasteiger partial charge on any atom is 0.416 e. The van der Waals surface area contributed by atoms with Crippen molar-refractivity contribution in [2.75, 3.05) is 10.6 Å². The number of hydrazone groups is 1. The molecule has 10 heteroatoms. The molecular weight excluding hydrogens is 389 g/mol. The third-order valence-corrected chi connectivity index (χ3v) is 4.00. The van der Waals surface area contributed by atoms with Crippen molar-refractivity contribution < 1.29 is 27.6 Å². The van der Waals surface area contributed by atoms with Crippen molar-refractivity contribution in [3.8, 4) is 0 Å². The van der Waals surface area contributed by atoms with Gasteiger partial charge in [0.25, 0.3) is 11.8 Å². The van der Waals surface area contributed by atoms with Gasteiger partial charge in [0.2, 0.25) is 5.91 Å². The molecule has 150 valence electrons. The normalized spacial score (nSPS) is 13.9. The van der Waals surface area contributed by atoms with E-state index in [4.69, 9.17) is 0 Å². The fourth-order valence-electron chi connectivity index (χ4n) is 2.56. The summed E-state index contributed by atoms with van der Waals surface area (Å²) in [6, 6.07) is 10.2. The van der Waals surface area contributed by atoms with Gasteiger partial charge in [-0.15, -0.1) is 0 Å². The van der Waals surface area contributed by atoms with Crippen LogP contribution < -0.4 is 16.1 Å². The number of anilines is 2. The molecule has 0 fully saturated rings. The molecule has 0 spiro atoms. The summed E-state index contributed by atoms with van der Waals surface area (Å²) in [5, 5.41) is 8.64. The first-order chi connectivity index (χ1) is 13.7. The Balaban J connectivity index is 1.70. The summed E-state index contributed by atoms with van der Waals surface area (Å²) in [5.41, 5.74) is 1.91. The minimum absolute atomic E-state index is 0.00781. The molecule has 0 aromatic heterocycles. The third-order valence-electron chi connectivity index (χ3n) is 4.00. The molecule has 0 bridgehead atoms. The van der Waals surface area contributed by atoms with E-state index in [1.165, 1.54) is 30.3 Å². The summed E-state index contributed by atoms with van der Waals surface area (Å²) in [7, 11) is 0. The van der Waals surface area contributed by atoms with E-state index < -0.39 is 23.6 Å². The van der Waals surface area contributed by atoms with E-state index in [2.05, 4.69) is 21.2 Å². The Labute approximate surface area is 163 Å². The Kier molecular flexibility index (Phi) is 5.62. The van der Waals surface area contributed by atoms with Crippen molar-refractivity contribution in [2.24, 2.45) is 5.10 Å². The summed E-state index contributed by atoms with van der Waals surface area (Å²) < 4.78 is 38.4. The highest BCUT2D eigenvalue weighted by Crippen LogP contribution is 2.30. The van der Waals surface area contributed by atoms with Gasteiger partial charge in [0.15, 0.2) is 0 Å². The molecule has 1 aliphatic rings. The quantitative estimate of drug-likeness (QED) is 0.730. The summed E-state index contributed by atoms with van der Waals surface area (Å²) in [5.74, 6) is -1.45. The molecule has 0 radical (unpaired) electrons. The summed E-state index contributed by atoms with van der Waals surface area (Å²) in [4.78, 5) is 35.6. The molecule has 2 aromatic rings. The van der Waals surface area contributed by atoms with Crippen molar-refractivity contribution in [1.29, 1.82) is 0 Å². The van der Waals surface area contributed by atoms with E-state index in [1.807, 2.05) is 0 Å². The molecule has 1 heterocycles. The first kappa shape index (κ1) is 20.1. The Morgan fingerprint density at radius 2 is 1.59 bits per heavy atom. The third kappa shape index (κ3) is 5.18. The fraction of sp³-hybridized carbons (Fsp3) is 0.158. The number of hydrogen-bond donors (Lipinski definition) is 3. The minimum Gasteiger partial charge on any atom is -0.322 e. The number of amides is 3. The predicted molar refractivity (Wildman–Crippen MR) is 99.3 cm³/mol. The second-order valence-electron chi connectivity index (χ2n) is 6.16. The molecule has 0 saturated carbocycles. The zero-order chi connectivity index (χ0) is 21.0. The van der Waals surface area contributed by atoms with Crippen molar-refractivity contribution in [3.05, 3.63) is 59.7 Å². The second kappa shape index (κ2) is 8.13. The van der Waals surface area contributed by atoms with E-state index in [9.17, 15) is 27.6 Å². The number of alkyl halides is 3. The molecule has 3 rings (SSSR count). The molecule has 1 aliphatic heterocycles. The van der Waals surface area contributed by atoms with Crippen LogP contribution in [-0.4, -0.2) is 23.4 Å². The van der Waals surface area contributed by atoms with Crippen LogP contribution >= 0.6 is 0 Å². The first-order valence-corrected chi connectivity index (χ1v) is 8.48. The zero-order valence-corrected chi connectivity index (χ0v) is 14.8. The van der Waals surface area contributed by atoms with E-state index >= 15 is 0 Å². The van der Waals surface area contributed by atoms with Gasteiger partial charge in [0.05, 0.1) is 5.56 Å². The lowest BCUT2D eigenvalue weighted by molar-refractivity contribution is -0.137. The molecule has 7 nitrogen and oxygen atoms in total. The summed E-state index contributed by atoms with van der Waals surface area (Å²) in [6.45, 7) is 0. The van der Waals surface area contributed by atoms with Gasteiger partial charge >= 0.3 is 6.18 Å². The predicted octanol–water partition coefficient (Wildman–Crippen LogP) is 3.16. The molecule has 0 saturated heterocycles. The van der Waals surface area contributed by atoms with Crippen LogP contribution in [0.5, 0.6) is 0 Å². The highest BCUT2D eigenvalue weighted by molar-refractivity contribution is 6.43. The van der Waals surface area contributed by atoms with Gasteiger partial charge in [-0.25, -0.2) is 5.43 Å². The maximum atomic E-state index is 12.8. The van der Waals surface area contributed by atoms with Crippen molar-refractivity contribution >= 4 is 34.8 Å². The van der Waals surface area contributed by atoms with Crippen molar-refractivity contribution in [1.82, 2.24) is 5.43 Å². The largest absolute Gasteiger partial charge is 0.416 e. The van der Waals surface area contributed by atoms with E-state index in [0.717, 1.165) is 12.1 Å². The number of hydrogen-bond acceptors (Lipinski definition) is 4. The van der Waals surface area contributed by atoms with Crippen LogP contribution in [0.3, 0.4) is 0 Å². The van der Waals surface area contributed by atoms with Gasteiger partial charge in [-0.05, 0) is 36.4 Å². The molecule has 0 aliphatic carbocycles. The molecule has 0 atom stereocenters. The van der Waals surface area contributed by atoms with Crippen molar-refractivity contribution in [3.63, 3.8) is 0 Å². The molecule has 29 heavy (non-hydrogen) atoms. The van der Waals surface area contributed by atoms with Gasteiger partial charge in [-0.2, -0.15) is 18.3 Å². The number of halogens is 3. The van der Waals surface area contributed by atoms with E-state index in [1.54, 1.807) is 6.07 Å². The molecular formula is C19H15F3N4O3. The van der Waals surface area contributed by atoms with Crippen LogP contribution in [0, 0.1) is 0 Å². The summed E-state index contributed by atoms with van der Waals surface area (Å²) >= 11 is 0. The lowest BCUT2D eigenvalue weighted by Gasteiger charge is -2.13. The van der Waals surface area contributed by atoms with E-state index in [-0.39, 0.29) is 35.7 Å². The smallest absolute Gasteiger partial charge is 0.322 e. The van der Waals surface area contributed by atoms with Crippen LogP contribution in [0.15, 0.2) is 53.6 Å². The average molecular weight is 404 g/mol.